The van der Waals surface area contributed by atoms with Gasteiger partial charge >= 0.3 is 40.1 Å². The van der Waals surface area contributed by atoms with Gasteiger partial charge in [0.1, 0.15) is 0 Å². The van der Waals surface area contributed by atoms with Crippen molar-refractivity contribution < 1.29 is 56.7 Å². The minimum absolute atomic E-state index is 0. The van der Waals surface area contributed by atoms with Gasteiger partial charge in [-0.25, -0.2) is 0 Å². The molecule has 0 bridgehead atoms. The Hall–Kier alpha value is -0.834. The van der Waals surface area contributed by atoms with Crippen LogP contribution in [0.25, 0.3) is 0 Å². The molecule has 0 atom stereocenters. The summed E-state index contributed by atoms with van der Waals surface area (Å²) in [6.45, 7) is 9.07. The van der Waals surface area contributed by atoms with E-state index in [2.05, 4.69) is 27.7 Å². The first-order chi connectivity index (χ1) is 39.1. The third-order valence-electron chi connectivity index (χ3n) is 15.9. The Bertz CT molecular complexity index is 998. The molecule has 0 saturated carbocycles. The van der Waals surface area contributed by atoms with Crippen LogP contribution in [0.2, 0.25) is 0 Å². The molecule has 0 aromatic carbocycles. The van der Waals surface area contributed by atoms with Crippen molar-refractivity contribution in [2.45, 2.75) is 439 Å². The molecule has 0 rings (SSSR count). The number of rotatable bonds is 64. The van der Waals surface area contributed by atoms with E-state index in [1.807, 2.05) is 0 Å². The molecule has 0 fully saturated rings. The quantitative estimate of drug-likeness (QED) is 0.0430. The minimum atomic E-state index is -0.903. The van der Waals surface area contributed by atoms with Gasteiger partial charge in [-0.1, -0.05) is 387 Å². The van der Waals surface area contributed by atoms with Gasteiger partial charge in [0.15, 0.2) is 0 Å². The smallest absolute Gasteiger partial charge is 0.550 e. The third kappa shape index (κ3) is 107. The van der Waals surface area contributed by atoms with E-state index in [4.69, 9.17) is 0 Å². The van der Waals surface area contributed by atoms with Crippen LogP contribution in [-0.2, 0) is 36.2 Å². The average Bonchev–Trinajstić information content (AvgIpc) is 3.43. The van der Waals surface area contributed by atoms with Crippen molar-refractivity contribution >= 4 is 46.9 Å². The molecule has 0 aromatic rings. The van der Waals surface area contributed by atoms with E-state index in [0.717, 1.165) is 51.4 Å². The van der Waals surface area contributed by atoms with Crippen molar-refractivity contribution in [1.82, 2.24) is 0 Å². The first-order valence-corrected chi connectivity index (χ1v) is 35.9. The molecule has 0 aromatic heterocycles. The third-order valence-corrected chi connectivity index (χ3v) is 15.9. The maximum Gasteiger partial charge on any atom is 2.00 e. The number of aliphatic carboxylic acids is 4. The predicted octanol–water partition coefficient (Wildman–Crippen LogP) is 19.6. The molecule has 0 aliphatic heterocycles. The summed E-state index contributed by atoms with van der Waals surface area (Å²) in [5.41, 5.74) is 0. The second-order valence-corrected chi connectivity index (χ2v) is 24.3. The maximum atomic E-state index is 10.2. The summed E-state index contributed by atoms with van der Waals surface area (Å²) in [6.07, 6.45) is 79.4. The first kappa shape index (κ1) is 92.3. The van der Waals surface area contributed by atoms with E-state index in [1.54, 1.807) is 0 Å². The SMILES string of the molecule is CCCCCCCCCCCCCCCCCC(=O)[O-].CCCCCCCCCCCCCCCCCC(=O)[O-].CCCCCCCCCCCCCCCCCC(=O)[O-].CCCCCCCCCCCCCCCCCC(=O)[O-].[Cu+2].[Mg+2]. The van der Waals surface area contributed by atoms with Crippen molar-refractivity contribution in [1.29, 1.82) is 0 Å². The summed E-state index contributed by atoms with van der Waals surface area (Å²) in [6, 6.07) is 0. The van der Waals surface area contributed by atoms with Gasteiger partial charge in [0.25, 0.3) is 0 Å². The molecule has 8 nitrogen and oxygen atoms in total. The van der Waals surface area contributed by atoms with Crippen LogP contribution < -0.4 is 20.4 Å². The van der Waals surface area contributed by atoms with E-state index >= 15 is 0 Å². The Labute approximate surface area is 538 Å². The monoisotopic (exact) mass is 1220 g/mol. The van der Waals surface area contributed by atoms with Gasteiger partial charge in [0, 0.05) is 23.9 Å². The topological polar surface area (TPSA) is 161 Å². The normalized spacial score (nSPS) is 10.6. The zero-order valence-electron chi connectivity index (χ0n) is 55.5. The largest absolute Gasteiger partial charge is 2.00 e. The predicted molar refractivity (Wildman–Crippen MR) is 344 cm³/mol. The minimum Gasteiger partial charge on any atom is -0.550 e. The molecule has 10 heteroatoms. The molecular weight excluding hydrogens is 1080 g/mol. The number of carbonyl (C=O) groups is 4. The molecule has 0 spiro atoms. The van der Waals surface area contributed by atoms with Crippen molar-refractivity contribution in [2.24, 2.45) is 0 Å². The number of carboxylic acids is 4. The summed E-state index contributed by atoms with van der Waals surface area (Å²) in [5.74, 6) is -3.61. The fourth-order valence-electron chi connectivity index (χ4n) is 10.6. The number of hydrogen-bond acceptors (Lipinski definition) is 8. The van der Waals surface area contributed by atoms with Gasteiger partial charge in [0.2, 0.25) is 0 Å². The molecule has 0 saturated heterocycles. The van der Waals surface area contributed by atoms with E-state index < -0.39 is 23.9 Å². The molecule has 0 unspecified atom stereocenters. The van der Waals surface area contributed by atoms with E-state index in [1.165, 1.54) is 334 Å². The number of carboxylic acid groups (broad SMARTS) is 4. The van der Waals surface area contributed by atoms with Crippen LogP contribution in [0.1, 0.15) is 439 Å². The Morgan fingerprint density at radius 1 is 0.171 bits per heavy atom. The molecule has 0 N–H and O–H groups in total. The standard InChI is InChI=1S/4C18H36O2.Cu.Mg/c4*1-2-3-4-5-6-7-8-9-10-11-12-13-14-15-16-17-18(19)20;;/h4*2-17H2,1H3,(H,19,20);;/q;;;;2*+2/p-4. The number of hydrogen-bond donors (Lipinski definition) is 0. The molecule has 82 heavy (non-hydrogen) atoms. The molecule has 489 valence electrons. The van der Waals surface area contributed by atoms with Crippen molar-refractivity contribution in [3.63, 3.8) is 0 Å². The zero-order valence-corrected chi connectivity index (χ0v) is 57.9. The summed E-state index contributed by atoms with van der Waals surface area (Å²) in [5, 5.41) is 40.9. The van der Waals surface area contributed by atoms with Crippen molar-refractivity contribution in [3.05, 3.63) is 0 Å². The molecule has 1 radical (unpaired) electrons. The Morgan fingerprint density at radius 2 is 0.244 bits per heavy atom. The summed E-state index contributed by atoms with van der Waals surface area (Å²) < 4.78 is 0. The fraction of sp³-hybridized carbons (Fsp3) is 0.944. The Balaban J connectivity index is -0.000000233. The van der Waals surface area contributed by atoms with Crippen LogP contribution in [0.5, 0.6) is 0 Å². The van der Waals surface area contributed by atoms with Gasteiger partial charge in [-0.05, 0) is 51.4 Å². The fourth-order valence-corrected chi connectivity index (χ4v) is 10.6. The van der Waals surface area contributed by atoms with Crippen LogP contribution in [0.15, 0.2) is 0 Å². The Morgan fingerprint density at radius 3 is 0.317 bits per heavy atom. The second-order valence-electron chi connectivity index (χ2n) is 24.3. The maximum absolute atomic E-state index is 10.2. The summed E-state index contributed by atoms with van der Waals surface area (Å²) >= 11 is 0. The van der Waals surface area contributed by atoms with Crippen LogP contribution in [0.4, 0.5) is 0 Å². The van der Waals surface area contributed by atoms with E-state index in [9.17, 15) is 39.6 Å². The molecule has 0 aliphatic carbocycles. The zero-order chi connectivity index (χ0) is 59.6. The second kappa shape index (κ2) is 88.9. The van der Waals surface area contributed by atoms with Crippen molar-refractivity contribution in [3.8, 4) is 0 Å². The number of unbranched alkanes of at least 4 members (excludes halogenated alkanes) is 56. The van der Waals surface area contributed by atoms with Crippen LogP contribution >= 0.6 is 0 Å². The summed E-state index contributed by atoms with van der Waals surface area (Å²) in [7, 11) is 0. The van der Waals surface area contributed by atoms with Crippen molar-refractivity contribution in [2.75, 3.05) is 0 Å². The van der Waals surface area contributed by atoms with Gasteiger partial charge in [0.05, 0.1) is 0 Å². The summed E-state index contributed by atoms with van der Waals surface area (Å²) in [4.78, 5) is 40.9. The molecule has 0 aliphatic rings. The van der Waals surface area contributed by atoms with E-state index in [-0.39, 0.29) is 65.8 Å². The number of carbonyl (C=O) groups excluding carboxylic acids is 4. The Kier molecular flexibility index (Phi) is 100. The van der Waals surface area contributed by atoms with Crippen LogP contribution in [0.3, 0.4) is 0 Å². The molecule has 0 amide bonds. The molecular formula is C72H140CuMgO8. The van der Waals surface area contributed by atoms with Gasteiger partial charge in [-0.3, -0.25) is 0 Å². The van der Waals surface area contributed by atoms with E-state index in [0.29, 0.717) is 0 Å². The van der Waals surface area contributed by atoms with Crippen LogP contribution in [-0.4, -0.2) is 46.9 Å². The first-order valence-electron chi connectivity index (χ1n) is 35.9. The van der Waals surface area contributed by atoms with Gasteiger partial charge in [-0.15, -0.1) is 0 Å². The average molecular weight is 1220 g/mol. The van der Waals surface area contributed by atoms with Crippen LogP contribution in [0, 0.1) is 0 Å². The van der Waals surface area contributed by atoms with Gasteiger partial charge < -0.3 is 39.6 Å². The van der Waals surface area contributed by atoms with Gasteiger partial charge in [-0.2, -0.15) is 0 Å². The molecule has 0 heterocycles.